The Balaban J connectivity index is 2.02. The highest BCUT2D eigenvalue weighted by atomic mass is 16.5. The molecule has 1 heterocycles. The smallest absolute Gasteiger partial charge is 0.343 e. The summed E-state index contributed by atoms with van der Waals surface area (Å²) in [7, 11) is 0. The molecule has 1 amide bonds. The maximum absolute atomic E-state index is 11.9. The van der Waals surface area contributed by atoms with E-state index in [2.05, 4.69) is 15.5 Å². The Hall–Kier alpha value is -1.85. The summed E-state index contributed by atoms with van der Waals surface area (Å²) in [4.78, 5) is 23.5. The number of hydrogen-bond donors (Lipinski definition) is 2. The van der Waals surface area contributed by atoms with Crippen molar-refractivity contribution < 1.29 is 14.3 Å². The zero-order chi connectivity index (χ0) is 13.0. The van der Waals surface area contributed by atoms with Gasteiger partial charge in [-0.25, -0.2) is 4.79 Å². The number of carbonyl (C=O) groups is 2. The zero-order valence-corrected chi connectivity index (χ0v) is 10.4. The van der Waals surface area contributed by atoms with Crippen LogP contribution in [-0.2, 0) is 9.53 Å². The van der Waals surface area contributed by atoms with Gasteiger partial charge in [0.05, 0.1) is 12.8 Å². The normalized spacial score (nSPS) is 15.6. The minimum atomic E-state index is -0.479. The van der Waals surface area contributed by atoms with Crippen LogP contribution in [0.4, 0.5) is 5.82 Å². The fourth-order valence-electron chi connectivity index (χ4n) is 2.16. The van der Waals surface area contributed by atoms with Gasteiger partial charge in [-0.15, -0.1) is 0 Å². The number of nitrogens with zero attached hydrogens (tertiary/aromatic N) is 1. The first-order chi connectivity index (χ1) is 8.72. The molecule has 0 aromatic carbocycles. The molecule has 0 unspecified atom stereocenters. The van der Waals surface area contributed by atoms with Gasteiger partial charge in [0.15, 0.2) is 0 Å². The summed E-state index contributed by atoms with van der Waals surface area (Å²) in [6, 6.07) is 0. The molecule has 1 aromatic heterocycles. The van der Waals surface area contributed by atoms with Gasteiger partial charge in [-0.3, -0.25) is 9.89 Å². The van der Waals surface area contributed by atoms with Crippen molar-refractivity contribution in [1.29, 1.82) is 0 Å². The quantitative estimate of drug-likeness (QED) is 0.798. The predicted molar refractivity (Wildman–Crippen MR) is 65.1 cm³/mol. The van der Waals surface area contributed by atoms with Crippen molar-refractivity contribution in [3.8, 4) is 0 Å². The predicted octanol–water partition coefficient (Wildman–Crippen LogP) is 1.72. The lowest BCUT2D eigenvalue weighted by Crippen LogP contribution is -2.22. The molecule has 6 heteroatoms. The Morgan fingerprint density at radius 1 is 1.50 bits per heavy atom. The molecule has 1 aliphatic carbocycles. The maximum atomic E-state index is 11.9. The van der Waals surface area contributed by atoms with Crippen molar-refractivity contribution in [3.05, 3.63) is 11.8 Å². The Kier molecular flexibility index (Phi) is 3.96. The van der Waals surface area contributed by atoms with Crippen LogP contribution in [0.5, 0.6) is 0 Å². The van der Waals surface area contributed by atoms with E-state index in [0.29, 0.717) is 12.4 Å². The van der Waals surface area contributed by atoms with Crippen molar-refractivity contribution >= 4 is 17.7 Å². The minimum absolute atomic E-state index is 0.0448. The highest BCUT2D eigenvalue weighted by Crippen LogP contribution is 2.26. The number of H-pyrrole nitrogens is 1. The number of ether oxygens (including phenoxy) is 1. The summed E-state index contributed by atoms with van der Waals surface area (Å²) in [5, 5.41) is 9.10. The lowest BCUT2D eigenvalue weighted by atomic mass is 10.1. The Morgan fingerprint density at radius 2 is 2.22 bits per heavy atom. The molecule has 0 spiro atoms. The fraction of sp³-hybridized carbons (Fsp3) is 0.583. The summed E-state index contributed by atoms with van der Waals surface area (Å²) in [6.07, 6.45) is 5.36. The number of rotatable bonds is 4. The highest BCUT2D eigenvalue weighted by Gasteiger charge is 2.25. The molecule has 18 heavy (non-hydrogen) atoms. The number of aromatic nitrogens is 2. The highest BCUT2D eigenvalue weighted by molar-refractivity contribution is 6.00. The third-order valence-corrected chi connectivity index (χ3v) is 3.11. The largest absolute Gasteiger partial charge is 0.462 e. The summed E-state index contributed by atoms with van der Waals surface area (Å²) < 4.78 is 4.88. The van der Waals surface area contributed by atoms with E-state index in [1.165, 1.54) is 6.20 Å². The summed E-state index contributed by atoms with van der Waals surface area (Å²) >= 11 is 0. The minimum Gasteiger partial charge on any atom is -0.462 e. The topological polar surface area (TPSA) is 84.1 Å². The van der Waals surface area contributed by atoms with Crippen LogP contribution in [0.15, 0.2) is 6.20 Å². The second-order valence-corrected chi connectivity index (χ2v) is 4.35. The van der Waals surface area contributed by atoms with E-state index >= 15 is 0 Å². The van der Waals surface area contributed by atoms with Crippen LogP contribution < -0.4 is 5.32 Å². The molecule has 1 aromatic rings. The van der Waals surface area contributed by atoms with Crippen molar-refractivity contribution in [2.24, 2.45) is 5.92 Å². The number of aromatic amines is 1. The Bertz CT molecular complexity index is 436. The summed E-state index contributed by atoms with van der Waals surface area (Å²) in [5.74, 6) is -0.163. The number of esters is 1. The molecule has 0 bridgehead atoms. The van der Waals surface area contributed by atoms with E-state index in [-0.39, 0.29) is 17.4 Å². The van der Waals surface area contributed by atoms with Crippen LogP contribution in [0.1, 0.15) is 43.0 Å². The molecule has 0 aliphatic heterocycles. The molecular formula is C12H17N3O3. The third-order valence-electron chi connectivity index (χ3n) is 3.11. The molecule has 2 rings (SSSR count). The van der Waals surface area contributed by atoms with Gasteiger partial charge in [-0.1, -0.05) is 12.8 Å². The second kappa shape index (κ2) is 5.66. The van der Waals surface area contributed by atoms with Gasteiger partial charge in [0.2, 0.25) is 5.91 Å². The SMILES string of the molecule is CCOC(=O)c1cn[nH]c1NC(=O)C1CCCC1. The monoisotopic (exact) mass is 251 g/mol. The van der Waals surface area contributed by atoms with Gasteiger partial charge < -0.3 is 10.1 Å². The number of amides is 1. The first-order valence-electron chi connectivity index (χ1n) is 6.23. The van der Waals surface area contributed by atoms with Crippen LogP contribution >= 0.6 is 0 Å². The van der Waals surface area contributed by atoms with Crippen molar-refractivity contribution in [1.82, 2.24) is 10.2 Å². The first kappa shape index (κ1) is 12.6. The van der Waals surface area contributed by atoms with E-state index in [4.69, 9.17) is 4.74 Å². The molecule has 1 saturated carbocycles. The Morgan fingerprint density at radius 3 is 2.89 bits per heavy atom. The standard InChI is InChI=1S/C12H17N3O3/c1-2-18-12(17)9-7-13-15-10(9)14-11(16)8-5-3-4-6-8/h7-8H,2-6H2,1H3,(H2,13,14,15,16). The van der Waals surface area contributed by atoms with Gasteiger partial charge >= 0.3 is 5.97 Å². The van der Waals surface area contributed by atoms with Gasteiger partial charge in [0.1, 0.15) is 11.4 Å². The Labute approximate surface area is 105 Å². The number of nitrogens with one attached hydrogen (secondary N) is 2. The second-order valence-electron chi connectivity index (χ2n) is 4.35. The average Bonchev–Trinajstić information content (AvgIpc) is 2.99. The van der Waals surface area contributed by atoms with Crippen LogP contribution in [0.25, 0.3) is 0 Å². The van der Waals surface area contributed by atoms with Gasteiger partial charge in [0.25, 0.3) is 0 Å². The van der Waals surface area contributed by atoms with E-state index < -0.39 is 5.97 Å². The van der Waals surface area contributed by atoms with Crippen LogP contribution in [0.2, 0.25) is 0 Å². The first-order valence-corrected chi connectivity index (χ1v) is 6.23. The molecule has 0 radical (unpaired) electrons. The van der Waals surface area contributed by atoms with Crippen LogP contribution in [0.3, 0.4) is 0 Å². The van der Waals surface area contributed by atoms with Gasteiger partial charge in [-0.05, 0) is 19.8 Å². The molecular weight excluding hydrogens is 234 g/mol. The van der Waals surface area contributed by atoms with Gasteiger partial charge in [0, 0.05) is 5.92 Å². The van der Waals surface area contributed by atoms with Crippen molar-refractivity contribution in [3.63, 3.8) is 0 Å². The van der Waals surface area contributed by atoms with E-state index in [1.807, 2.05) is 0 Å². The van der Waals surface area contributed by atoms with E-state index in [1.54, 1.807) is 6.92 Å². The summed E-state index contributed by atoms with van der Waals surface area (Å²) in [5.41, 5.74) is 0.267. The molecule has 1 fully saturated rings. The maximum Gasteiger partial charge on any atom is 0.343 e. The molecule has 1 aliphatic rings. The van der Waals surface area contributed by atoms with Crippen LogP contribution in [-0.4, -0.2) is 28.7 Å². The molecule has 0 atom stereocenters. The van der Waals surface area contributed by atoms with Crippen LogP contribution in [0, 0.1) is 5.92 Å². The van der Waals surface area contributed by atoms with Gasteiger partial charge in [-0.2, -0.15) is 5.10 Å². The summed E-state index contributed by atoms with van der Waals surface area (Å²) in [6.45, 7) is 2.02. The number of anilines is 1. The molecule has 2 N–H and O–H groups in total. The molecule has 0 saturated heterocycles. The lowest BCUT2D eigenvalue weighted by molar-refractivity contribution is -0.119. The van der Waals surface area contributed by atoms with Crippen molar-refractivity contribution in [2.45, 2.75) is 32.6 Å². The number of hydrogen-bond acceptors (Lipinski definition) is 4. The van der Waals surface area contributed by atoms with E-state index in [9.17, 15) is 9.59 Å². The third kappa shape index (κ3) is 2.69. The molecule has 98 valence electrons. The zero-order valence-electron chi connectivity index (χ0n) is 10.4. The average molecular weight is 251 g/mol. The fourth-order valence-corrected chi connectivity index (χ4v) is 2.16. The lowest BCUT2D eigenvalue weighted by Gasteiger charge is -2.09. The number of carbonyl (C=O) groups excluding carboxylic acids is 2. The molecule has 6 nitrogen and oxygen atoms in total. The van der Waals surface area contributed by atoms with E-state index in [0.717, 1.165) is 25.7 Å². The van der Waals surface area contributed by atoms with Crippen molar-refractivity contribution in [2.75, 3.05) is 11.9 Å².